The Morgan fingerprint density at radius 3 is 1.64 bits per heavy atom. The Kier molecular flexibility index (Phi) is 5.15. The summed E-state index contributed by atoms with van der Waals surface area (Å²) < 4.78 is 0. The lowest BCUT2D eigenvalue weighted by atomic mass is 9.66. The number of benzene rings is 7. The maximum Gasteiger partial charge on any atom is 0.0719 e. The van der Waals surface area contributed by atoms with E-state index in [-0.39, 0.29) is 0 Å². The number of hydrogen-bond acceptors (Lipinski definition) is 1. The molecule has 7 aromatic carbocycles. The Bertz CT molecular complexity index is 2130. The van der Waals surface area contributed by atoms with Gasteiger partial charge in [-0.1, -0.05) is 145 Å². The quantitative estimate of drug-likeness (QED) is 0.211. The molecule has 0 unspecified atom stereocenters. The fourth-order valence-electron chi connectivity index (χ4n) is 7.48. The summed E-state index contributed by atoms with van der Waals surface area (Å²) in [5, 5.41) is 2.65. The molecule has 1 aliphatic carbocycles. The molecule has 2 aliphatic rings. The fourth-order valence-corrected chi connectivity index (χ4v) is 8.63. The van der Waals surface area contributed by atoms with E-state index in [2.05, 4.69) is 158 Å². The van der Waals surface area contributed by atoms with Gasteiger partial charge in [0.05, 0.1) is 5.41 Å². The zero-order chi connectivity index (χ0) is 27.7. The maximum absolute atomic E-state index is 2.44. The maximum atomic E-state index is 2.44. The van der Waals surface area contributed by atoms with E-state index in [0.717, 1.165) is 0 Å². The van der Waals surface area contributed by atoms with E-state index in [9.17, 15) is 0 Å². The monoisotopic (exact) mass is 550 g/mol. The molecule has 0 saturated heterocycles. The molecule has 0 N–H and O–H groups in total. The van der Waals surface area contributed by atoms with Crippen molar-refractivity contribution in [2.45, 2.75) is 15.2 Å². The Morgan fingerprint density at radius 2 is 0.929 bits per heavy atom. The molecule has 0 radical (unpaired) electrons. The first kappa shape index (κ1) is 23.8. The van der Waals surface area contributed by atoms with Crippen LogP contribution in [-0.4, -0.2) is 0 Å². The topological polar surface area (TPSA) is 0 Å². The fraction of sp³-hybridized carbons (Fsp3) is 0.0244. The average Bonchev–Trinajstić information content (AvgIpc) is 3.36. The molecule has 7 aromatic rings. The van der Waals surface area contributed by atoms with Gasteiger partial charge in [0.25, 0.3) is 0 Å². The van der Waals surface area contributed by atoms with Crippen molar-refractivity contribution in [1.29, 1.82) is 0 Å². The third-order valence-electron chi connectivity index (χ3n) is 9.14. The van der Waals surface area contributed by atoms with Gasteiger partial charge in [-0.15, -0.1) is 0 Å². The zero-order valence-corrected chi connectivity index (χ0v) is 23.7. The Morgan fingerprint density at radius 1 is 0.381 bits per heavy atom. The number of rotatable bonds is 3. The lowest BCUT2D eigenvalue weighted by Gasteiger charge is -2.35. The van der Waals surface area contributed by atoms with Gasteiger partial charge in [-0.3, -0.25) is 0 Å². The van der Waals surface area contributed by atoms with E-state index in [1.165, 1.54) is 76.2 Å². The van der Waals surface area contributed by atoms with Crippen LogP contribution in [0.15, 0.2) is 168 Å². The SMILES string of the molecule is c1ccc(C2(c3ccccc3-c3cc4c5c(cccc5c3)Sc3ccccc3-4)c3ccccc3-c3ccccc32)cc1. The molecule has 42 heavy (non-hydrogen) atoms. The predicted octanol–water partition coefficient (Wildman–Crippen LogP) is 11.0. The van der Waals surface area contributed by atoms with Crippen LogP contribution in [0.25, 0.3) is 44.2 Å². The number of hydrogen-bond donors (Lipinski definition) is 0. The Labute approximate surface area is 250 Å². The normalized spacial score (nSPS) is 13.8. The lowest BCUT2D eigenvalue weighted by Crippen LogP contribution is -2.29. The summed E-state index contributed by atoms with van der Waals surface area (Å²) in [7, 11) is 0. The van der Waals surface area contributed by atoms with Gasteiger partial charge in [0.2, 0.25) is 0 Å². The van der Waals surface area contributed by atoms with Crippen molar-refractivity contribution in [3.05, 3.63) is 180 Å². The van der Waals surface area contributed by atoms with Crippen molar-refractivity contribution in [2.75, 3.05) is 0 Å². The minimum atomic E-state index is -0.438. The molecule has 0 amide bonds. The minimum absolute atomic E-state index is 0.438. The molecule has 0 fully saturated rings. The van der Waals surface area contributed by atoms with E-state index < -0.39 is 5.41 Å². The first-order valence-corrected chi connectivity index (χ1v) is 15.3. The van der Waals surface area contributed by atoms with Crippen LogP contribution in [0.2, 0.25) is 0 Å². The molecule has 1 aliphatic heterocycles. The lowest BCUT2D eigenvalue weighted by molar-refractivity contribution is 0.770. The summed E-state index contributed by atoms with van der Waals surface area (Å²) in [4.78, 5) is 2.66. The summed E-state index contributed by atoms with van der Waals surface area (Å²) in [6.07, 6.45) is 0. The molecule has 0 atom stereocenters. The molecule has 1 heteroatoms. The summed E-state index contributed by atoms with van der Waals surface area (Å²) in [6, 6.07) is 58.6. The van der Waals surface area contributed by atoms with E-state index in [4.69, 9.17) is 0 Å². The molecule has 1 heterocycles. The van der Waals surface area contributed by atoms with Crippen molar-refractivity contribution in [3.8, 4) is 33.4 Å². The average molecular weight is 551 g/mol. The third-order valence-corrected chi connectivity index (χ3v) is 10.3. The predicted molar refractivity (Wildman–Crippen MR) is 176 cm³/mol. The van der Waals surface area contributed by atoms with Gasteiger partial charge in [0, 0.05) is 15.2 Å². The van der Waals surface area contributed by atoms with Crippen LogP contribution in [0.1, 0.15) is 22.3 Å². The summed E-state index contributed by atoms with van der Waals surface area (Å²) in [5.41, 5.74) is 12.7. The Hall–Kier alpha value is -4.85. The summed E-state index contributed by atoms with van der Waals surface area (Å²) >= 11 is 1.88. The molecule has 0 nitrogen and oxygen atoms in total. The van der Waals surface area contributed by atoms with Crippen LogP contribution in [0.5, 0.6) is 0 Å². The van der Waals surface area contributed by atoms with Crippen LogP contribution < -0.4 is 0 Å². The largest absolute Gasteiger partial charge is 0.0888 e. The zero-order valence-electron chi connectivity index (χ0n) is 22.9. The van der Waals surface area contributed by atoms with E-state index in [1.807, 2.05) is 11.8 Å². The van der Waals surface area contributed by atoms with Crippen LogP contribution in [-0.2, 0) is 5.41 Å². The van der Waals surface area contributed by atoms with Crippen LogP contribution in [0, 0.1) is 0 Å². The van der Waals surface area contributed by atoms with E-state index in [1.54, 1.807) is 0 Å². The van der Waals surface area contributed by atoms with E-state index in [0.29, 0.717) is 0 Å². The number of fused-ring (bicyclic) bond motifs is 5. The molecule has 196 valence electrons. The van der Waals surface area contributed by atoms with Gasteiger partial charge in [0.1, 0.15) is 0 Å². The Balaban J connectivity index is 1.40. The highest BCUT2D eigenvalue weighted by Crippen LogP contribution is 2.58. The molecular weight excluding hydrogens is 525 g/mol. The van der Waals surface area contributed by atoms with Crippen LogP contribution in [0.4, 0.5) is 0 Å². The molecule has 0 saturated carbocycles. The smallest absolute Gasteiger partial charge is 0.0719 e. The summed E-state index contributed by atoms with van der Waals surface area (Å²) in [5.74, 6) is 0. The first-order valence-electron chi connectivity index (χ1n) is 14.5. The van der Waals surface area contributed by atoms with Crippen LogP contribution in [0.3, 0.4) is 0 Å². The minimum Gasteiger partial charge on any atom is -0.0888 e. The van der Waals surface area contributed by atoms with Gasteiger partial charge in [-0.2, -0.15) is 0 Å². The molecule has 9 rings (SSSR count). The highest BCUT2D eigenvalue weighted by atomic mass is 32.2. The van der Waals surface area contributed by atoms with E-state index >= 15 is 0 Å². The summed E-state index contributed by atoms with van der Waals surface area (Å²) in [6.45, 7) is 0. The van der Waals surface area contributed by atoms with Crippen LogP contribution >= 0.6 is 11.8 Å². The second-order valence-corrected chi connectivity index (χ2v) is 12.3. The first-order chi connectivity index (χ1) is 20.8. The standard InChI is InChI=1S/C41H26S/c1-2-14-29(15-3-1)41(36-21-9-5-17-31(36)32-18-6-10-22-37(32)41)35-20-8-4-16-30(35)28-25-27-13-12-24-39-40(27)34(26-28)33-19-7-11-23-38(33)42-39/h1-26H. The second kappa shape index (κ2) is 9.08. The van der Waals surface area contributed by atoms with Gasteiger partial charge in [0.15, 0.2) is 0 Å². The van der Waals surface area contributed by atoms with Crippen molar-refractivity contribution in [2.24, 2.45) is 0 Å². The van der Waals surface area contributed by atoms with Crippen molar-refractivity contribution < 1.29 is 0 Å². The molecule has 0 bridgehead atoms. The van der Waals surface area contributed by atoms with Crippen molar-refractivity contribution in [1.82, 2.24) is 0 Å². The van der Waals surface area contributed by atoms with Gasteiger partial charge in [-0.25, -0.2) is 0 Å². The molecule has 0 spiro atoms. The highest BCUT2D eigenvalue weighted by molar-refractivity contribution is 7.99. The van der Waals surface area contributed by atoms with Gasteiger partial charge >= 0.3 is 0 Å². The third kappa shape index (κ3) is 3.20. The highest BCUT2D eigenvalue weighted by Gasteiger charge is 2.46. The molecular formula is C41H26S. The van der Waals surface area contributed by atoms with Gasteiger partial charge in [-0.05, 0) is 85.3 Å². The second-order valence-electron chi connectivity index (χ2n) is 11.2. The van der Waals surface area contributed by atoms with Crippen molar-refractivity contribution in [3.63, 3.8) is 0 Å². The molecule has 0 aromatic heterocycles. The van der Waals surface area contributed by atoms with Crippen molar-refractivity contribution >= 4 is 22.5 Å². The van der Waals surface area contributed by atoms with Gasteiger partial charge < -0.3 is 0 Å².